The van der Waals surface area contributed by atoms with E-state index >= 15 is 0 Å². The summed E-state index contributed by atoms with van der Waals surface area (Å²) >= 11 is 1.49. The molecule has 1 aliphatic rings. The van der Waals surface area contributed by atoms with Crippen molar-refractivity contribution in [1.82, 2.24) is 10.6 Å². The van der Waals surface area contributed by atoms with Gasteiger partial charge in [0.15, 0.2) is 11.5 Å². The second-order valence-electron chi connectivity index (χ2n) is 10.6. The van der Waals surface area contributed by atoms with E-state index in [1.807, 2.05) is 26.2 Å². The van der Waals surface area contributed by atoms with Gasteiger partial charge in [-0.1, -0.05) is 19.9 Å². The molecule has 0 radical (unpaired) electrons. The number of carbonyl (C=O) groups excluding carboxylic acids is 2. The van der Waals surface area contributed by atoms with Crippen molar-refractivity contribution in [2.24, 2.45) is 5.92 Å². The van der Waals surface area contributed by atoms with Crippen molar-refractivity contribution >= 4 is 35.2 Å². The number of benzene rings is 1. The van der Waals surface area contributed by atoms with E-state index in [9.17, 15) is 24.3 Å². The van der Waals surface area contributed by atoms with Crippen molar-refractivity contribution in [3.63, 3.8) is 0 Å². The minimum atomic E-state index is -1.12. The smallest absolute Gasteiger partial charge is 0.326 e. The van der Waals surface area contributed by atoms with E-state index in [0.717, 1.165) is 5.56 Å². The number of hydrogen-bond donors (Lipinski definition) is 4. The van der Waals surface area contributed by atoms with Gasteiger partial charge in [0.25, 0.3) is 0 Å². The Morgan fingerprint density at radius 2 is 1.77 bits per heavy atom. The molecule has 0 heterocycles. The molecule has 0 aromatic heterocycles. The summed E-state index contributed by atoms with van der Waals surface area (Å²) in [4.78, 5) is 50.9. The zero-order valence-electron chi connectivity index (χ0n) is 25.7. The van der Waals surface area contributed by atoms with Crippen LogP contribution in [0.4, 0.5) is 5.69 Å². The van der Waals surface area contributed by atoms with Crippen LogP contribution in [0, 0.1) is 5.92 Å². The van der Waals surface area contributed by atoms with Crippen molar-refractivity contribution in [1.29, 1.82) is 0 Å². The molecule has 2 amide bonds. The van der Waals surface area contributed by atoms with Gasteiger partial charge in [-0.3, -0.25) is 14.4 Å². The maximum atomic E-state index is 13.7. The van der Waals surface area contributed by atoms with Crippen molar-refractivity contribution in [2.75, 3.05) is 38.7 Å². The first-order valence-electron chi connectivity index (χ1n) is 14.0. The average molecular weight is 616 g/mol. The zero-order chi connectivity index (χ0) is 31.8. The van der Waals surface area contributed by atoms with Crippen molar-refractivity contribution in [3.8, 4) is 28.4 Å². The molecule has 3 rings (SSSR count). The molecule has 3 atom stereocenters. The fourth-order valence-electron chi connectivity index (χ4n) is 5.28. The summed E-state index contributed by atoms with van der Waals surface area (Å²) in [6.45, 7) is 5.05. The van der Waals surface area contributed by atoms with Crippen LogP contribution >= 0.6 is 11.8 Å². The summed E-state index contributed by atoms with van der Waals surface area (Å²) < 4.78 is 17.0. The fraction of sp³-hybridized carbons (Fsp3) is 0.484. The van der Waals surface area contributed by atoms with Crippen LogP contribution in [0.2, 0.25) is 0 Å². The molecule has 1 aliphatic carbocycles. The van der Waals surface area contributed by atoms with Crippen LogP contribution in [0.5, 0.6) is 17.2 Å². The van der Waals surface area contributed by atoms with E-state index in [0.29, 0.717) is 52.5 Å². The van der Waals surface area contributed by atoms with Crippen LogP contribution in [-0.4, -0.2) is 68.3 Å². The van der Waals surface area contributed by atoms with Gasteiger partial charge in [0.2, 0.25) is 23.0 Å². The molecule has 0 saturated carbocycles. The molecule has 234 valence electrons. The van der Waals surface area contributed by atoms with Crippen molar-refractivity contribution < 1.29 is 33.7 Å². The SMILES string of the molecule is COc1cc2c(c(OC)c1OC)-c1ccc(NC(C(=O)NC(CCSC)C(=O)O)C(C)C)c(=O)cc1C(NC(C)=O)CC2. The minimum Gasteiger partial charge on any atom is -0.493 e. The van der Waals surface area contributed by atoms with Gasteiger partial charge in [0.1, 0.15) is 12.1 Å². The summed E-state index contributed by atoms with van der Waals surface area (Å²) in [5.41, 5.74) is 2.60. The van der Waals surface area contributed by atoms with Crippen LogP contribution in [0.15, 0.2) is 29.1 Å². The molecule has 0 spiro atoms. The number of rotatable bonds is 13. The molecule has 43 heavy (non-hydrogen) atoms. The fourth-order valence-corrected chi connectivity index (χ4v) is 5.76. The maximum Gasteiger partial charge on any atom is 0.326 e. The van der Waals surface area contributed by atoms with Gasteiger partial charge in [-0.05, 0) is 72.1 Å². The number of carboxylic acid groups (broad SMARTS) is 1. The van der Waals surface area contributed by atoms with Gasteiger partial charge in [0, 0.05) is 12.5 Å². The van der Waals surface area contributed by atoms with Crippen LogP contribution in [0.3, 0.4) is 0 Å². The number of fused-ring (bicyclic) bond motifs is 3. The van der Waals surface area contributed by atoms with Gasteiger partial charge in [-0.2, -0.15) is 11.8 Å². The number of thioether (sulfide) groups is 1. The largest absolute Gasteiger partial charge is 0.493 e. The number of methoxy groups -OCH3 is 3. The molecule has 0 bridgehead atoms. The normalized spacial score (nSPS) is 15.2. The molecule has 12 heteroatoms. The molecule has 0 saturated heterocycles. The predicted molar refractivity (Wildman–Crippen MR) is 167 cm³/mol. The van der Waals surface area contributed by atoms with Gasteiger partial charge < -0.3 is 35.3 Å². The first kappa shape index (κ1) is 33.6. The summed E-state index contributed by atoms with van der Waals surface area (Å²) in [7, 11) is 4.58. The first-order chi connectivity index (χ1) is 20.5. The van der Waals surface area contributed by atoms with E-state index in [1.165, 1.54) is 39.0 Å². The molecule has 0 fully saturated rings. The lowest BCUT2D eigenvalue weighted by Gasteiger charge is -2.24. The summed E-state index contributed by atoms with van der Waals surface area (Å²) in [6, 6.07) is 4.29. The number of hydrogen-bond acceptors (Lipinski definition) is 9. The number of nitrogens with one attached hydrogen (secondary N) is 3. The summed E-state index contributed by atoms with van der Waals surface area (Å²) in [5, 5.41) is 18.3. The van der Waals surface area contributed by atoms with E-state index in [4.69, 9.17) is 14.2 Å². The monoisotopic (exact) mass is 615 g/mol. The lowest BCUT2D eigenvalue weighted by atomic mass is 9.95. The molecule has 0 aliphatic heterocycles. The number of carboxylic acids is 1. The zero-order valence-corrected chi connectivity index (χ0v) is 26.5. The number of ether oxygens (including phenoxy) is 3. The molecule has 11 nitrogen and oxygen atoms in total. The van der Waals surface area contributed by atoms with Crippen LogP contribution in [0.25, 0.3) is 11.1 Å². The lowest BCUT2D eigenvalue weighted by molar-refractivity contribution is -0.142. The Hall–Kier alpha value is -3.93. The Labute approximate surface area is 256 Å². The lowest BCUT2D eigenvalue weighted by Crippen LogP contribution is -2.50. The number of anilines is 1. The summed E-state index contributed by atoms with van der Waals surface area (Å²) in [6.07, 6.45) is 3.20. The van der Waals surface area contributed by atoms with Crippen LogP contribution < -0.4 is 35.6 Å². The van der Waals surface area contributed by atoms with E-state index < -0.39 is 35.4 Å². The second-order valence-corrected chi connectivity index (χ2v) is 11.6. The Morgan fingerprint density at radius 1 is 1.07 bits per heavy atom. The predicted octanol–water partition coefficient (Wildman–Crippen LogP) is 3.62. The molecule has 3 unspecified atom stereocenters. The van der Waals surface area contributed by atoms with Gasteiger partial charge in [-0.25, -0.2) is 4.79 Å². The quantitative estimate of drug-likeness (QED) is 0.263. The maximum absolute atomic E-state index is 13.7. The van der Waals surface area contributed by atoms with Crippen LogP contribution in [0.1, 0.15) is 50.8 Å². The first-order valence-corrected chi connectivity index (χ1v) is 15.4. The highest BCUT2D eigenvalue weighted by molar-refractivity contribution is 7.98. The molecule has 2 aromatic rings. The highest BCUT2D eigenvalue weighted by Gasteiger charge is 2.31. The van der Waals surface area contributed by atoms with Gasteiger partial charge >= 0.3 is 5.97 Å². The third-order valence-corrected chi connectivity index (χ3v) is 8.05. The molecule has 2 aromatic carbocycles. The Kier molecular flexibility index (Phi) is 11.7. The minimum absolute atomic E-state index is 0.153. The number of aryl methyl sites for hydroxylation is 1. The van der Waals surface area contributed by atoms with E-state index in [1.54, 1.807) is 19.2 Å². The Balaban J connectivity index is 2.17. The number of aliphatic carboxylic acids is 1. The third-order valence-electron chi connectivity index (χ3n) is 7.40. The average Bonchev–Trinajstić information content (AvgIpc) is 3.20. The number of amides is 2. The highest BCUT2D eigenvalue weighted by Crippen LogP contribution is 2.50. The molecular weight excluding hydrogens is 574 g/mol. The second kappa shape index (κ2) is 15.0. The van der Waals surface area contributed by atoms with Gasteiger partial charge in [0.05, 0.1) is 33.1 Å². The van der Waals surface area contributed by atoms with Crippen molar-refractivity contribution in [3.05, 3.63) is 45.6 Å². The van der Waals surface area contributed by atoms with Crippen molar-refractivity contribution in [2.45, 2.75) is 58.2 Å². The van der Waals surface area contributed by atoms with E-state index in [2.05, 4.69) is 16.0 Å². The van der Waals surface area contributed by atoms with Crippen LogP contribution in [-0.2, 0) is 20.8 Å². The van der Waals surface area contributed by atoms with E-state index in [-0.39, 0.29) is 23.9 Å². The standard InChI is InChI=1S/C31H41N3O8S/c1-16(2)27(30(37)34-23(31(38)39)12-13-43-7)33-22-11-9-19-20(15-24(22)36)21(32-17(3)35)10-8-18-14-25(40-4)28(41-5)29(42-6)26(18)19/h9,11,14-16,21,23,27H,8,10,12-13H2,1-7H3,(H,32,35)(H,33,36)(H,34,37)(H,38,39). The Morgan fingerprint density at radius 3 is 2.33 bits per heavy atom. The molecule has 4 N–H and O–H groups in total. The number of carbonyl (C=O) groups is 3. The topological polar surface area (TPSA) is 152 Å². The highest BCUT2D eigenvalue weighted by atomic mass is 32.2. The molecular formula is C31H41N3O8S. The Bertz CT molecular complexity index is 1410. The van der Waals surface area contributed by atoms with Gasteiger partial charge in [-0.15, -0.1) is 0 Å². The third kappa shape index (κ3) is 7.73. The summed E-state index contributed by atoms with van der Waals surface area (Å²) in [5.74, 6) is -0.268.